The Balaban J connectivity index is 1.86. The Morgan fingerprint density at radius 3 is 2.92 bits per heavy atom. The second-order valence-electron chi connectivity index (χ2n) is 4.46. The highest BCUT2D eigenvalue weighted by molar-refractivity contribution is 7.13. The number of ether oxygens (including phenoxy) is 1. The summed E-state index contributed by atoms with van der Waals surface area (Å²) in [6, 6.07) is 2.63. The zero-order chi connectivity index (χ0) is 17.5. The van der Waals surface area contributed by atoms with Crippen LogP contribution in [0, 0.1) is 11.6 Å². The molecule has 0 unspecified atom stereocenters. The van der Waals surface area contributed by atoms with Crippen LogP contribution in [-0.4, -0.2) is 30.0 Å². The van der Waals surface area contributed by atoms with Crippen molar-refractivity contribution in [2.75, 3.05) is 23.8 Å². The number of nitrogens with one attached hydrogen (secondary N) is 2. The maximum atomic E-state index is 13.4. The van der Waals surface area contributed by atoms with Gasteiger partial charge in [0, 0.05) is 18.0 Å². The molecule has 1 aromatic heterocycles. The molecule has 0 radical (unpaired) electrons. The fraction of sp³-hybridized carbons (Fsp3) is 0.133. The number of nitrogens with zero attached hydrogens (tertiary/aromatic N) is 1. The molecule has 1 aromatic carbocycles. The normalized spacial score (nSPS) is 10.1. The fourth-order valence-electron chi connectivity index (χ4n) is 1.59. The van der Waals surface area contributed by atoms with E-state index in [2.05, 4.69) is 22.2 Å². The molecule has 0 aliphatic heterocycles. The van der Waals surface area contributed by atoms with Gasteiger partial charge in [0.2, 0.25) is 0 Å². The van der Waals surface area contributed by atoms with Crippen molar-refractivity contribution < 1.29 is 23.1 Å². The van der Waals surface area contributed by atoms with E-state index in [-0.39, 0.29) is 11.4 Å². The molecule has 0 fully saturated rings. The van der Waals surface area contributed by atoms with E-state index in [1.807, 2.05) is 0 Å². The first-order valence-electron chi connectivity index (χ1n) is 6.72. The van der Waals surface area contributed by atoms with Crippen LogP contribution in [-0.2, 0) is 9.53 Å². The molecule has 6 nitrogen and oxygen atoms in total. The first-order chi connectivity index (χ1) is 11.5. The van der Waals surface area contributed by atoms with Gasteiger partial charge in [0.15, 0.2) is 17.4 Å². The lowest BCUT2D eigenvalue weighted by atomic mass is 10.3. The number of thiazole rings is 1. The van der Waals surface area contributed by atoms with Gasteiger partial charge in [-0.05, 0) is 12.1 Å². The second kappa shape index (κ2) is 8.16. The number of benzene rings is 1. The van der Waals surface area contributed by atoms with Crippen LogP contribution in [0.25, 0.3) is 0 Å². The van der Waals surface area contributed by atoms with Gasteiger partial charge in [-0.25, -0.2) is 18.6 Å². The number of halogens is 2. The zero-order valence-corrected chi connectivity index (χ0v) is 13.2. The van der Waals surface area contributed by atoms with E-state index < -0.39 is 30.1 Å². The van der Waals surface area contributed by atoms with E-state index in [1.165, 1.54) is 16.7 Å². The van der Waals surface area contributed by atoms with Crippen LogP contribution in [0.4, 0.5) is 19.6 Å². The molecule has 24 heavy (non-hydrogen) atoms. The number of carbonyl (C=O) groups is 2. The Hall–Kier alpha value is -2.81. The van der Waals surface area contributed by atoms with E-state index >= 15 is 0 Å². The highest BCUT2D eigenvalue weighted by Gasteiger charge is 2.15. The Labute approximate surface area is 140 Å². The lowest BCUT2D eigenvalue weighted by Gasteiger charge is -2.06. The molecular weight excluding hydrogens is 340 g/mol. The van der Waals surface area contributed by atoms with Gasteiger partial charge < -0.3 is 15.4 Å². The predicted octanol–water partition coefficient (Wildman–Crippen LogP) is 2.81. The predicted molar refractivity (Wildman–Crippen MR) is 86.1 cm³/mol. The Morgan fingerprint density at radius 1 is 1.38 bits per heavy atom. The average Bonchev–Trinajstić information content (AvgIpc) is 3.03. The van der Waals surface area contributed by atoms with Crippen molar-refractivity contribution >= 4 is 34.0 Å². The number of hydrogen-bond donors (Lipinski definition) is 2. The van der Waals surface area contributed by atoms with Crippen LogP contribution in [0.5, 0.6) is 0 Å². The average molecular weight is 353 g/mol. The van der Waals surface area contributed by atoms with Crippen LogP contribution in [0.2, 0.25) is 0 Å². The van der Waals surface area contributed by atoms with E-state index in [0.29, 0.717) is 11.7 Å². The van der Waals surface area contributed by atoms with Crippen LogP contribution >= 0.6 is 11.3 Å². The van der Waals surface area contributed by atoms with Crippen LogP contribution in [0.15, 0.2) is 36.2 Å². The number of esters is 1. The molecule has 0 atom stereocenters. The summed E-state index contributed by atoms with van der Waals surface area (Å²) in [5.74, 6) is -3.10. The molecule has 2 rings (SSSR count). The van der Waals surface area contributed by atoms with Gasteiger partial charge in [-0.2, -0.15) is 0 Å². The van der Waals surface area contributed by atoms with Gasteiger partial charge in [0.1, 0.15) is 11.6 Å². The van der Waals surface area contributed by atoms with Crippen molar-refractivity contribution in [1.29, 1.82) is 0 Å². The summed E-state index contributed by atoms with van der Waals surface area (Å²) in [4.78, 5) is 27.4. The van der Waals surface area contributed by atoms with E-state index in [9.17, 15) is 18.4 Å². The van der Waals surface area contributed by atoms with Crippen molar-refractivity contribution in [3.63, 3.8) is 0 Å². The quantitative estimate of drug-likeness (QED) is 0.591. The zero-order valence-electron chi connectivity index (χ0n) is 12.3. The molecule has 0 saturated heterocycles. The number of aromatic nitrogens is 1. The van der Waals surface area contributed by atoms with Crippen molar-refractivity contribution in [2.45, 2.75) is 0 Å². The molecule has 126 valence electrons. The van der Waals surface area contributed by atoms with Crippen LogP contribution in [0.1, 0.15) is 10.5 Å². The molecule has 1 heterocycles. The molecular formula is C15H13F2N3O3S. The lowest BCUT2D eigenvalue weighted by molar-refractivity contribution is -0.119. The molecule has 9 heteroatoms. The summed E-state index contributed by atoms with van der Waals surface area (Å²) in [6.07, 6.45) is 1.63. The summed E-state index contributed by atoms with van der Waals surface area (Å²) in [5, 5.41) is 7.00. The summed E-state index contributed by atoms with van der Waals surface area (Å²) in [5.41, 5.74) is -0.295. The number of amides is 1. The second-order valence-corrected chi connectivity index (χ2v) is 5.31. The van der Waals surface area contributed by atoms with Crippen LogP contribution < -0.4 is 10.6 Å². The Kier molecular flexibility index (Phi) is 5.96. The van der Waals surface area contributed by atoms with Gasteiger partial charge in [0.25, 0.3) is 5.91 Å². The molecule has 1 amide bonds. The van der Waals surface area contributed by atoms with Gasteiger partial charge in [-0.3, -0.25) is 4.79 Å². The van der Waals surface area contributed by atoms with Gasteiger partial charge in [-0.1, -0.05) is 6.08 Å². The van der Waals surface area contributed by atoms with Gasteiger partial charge in [0.05, 0.1) is 5.69 Å². The fourth-order valence-corrected chi connectivity index (χ4v) is 2.28. The Morgan fingerprint density at radius 2 is 2.17 bits per heavy atom. The molecule has 0 aliphatic carbocycles. The minimum Gasteiger partial charge on any atom is -0.451 e. The number of anilines is 2. The number of hydrogen-bond acceptors (Lipinski definition) is 6. The maximum Gasteiger partial charge on any atom is 0.358 e. The molecule has 0 saturated carbocycles. The smallest absolute Gasteiger partial charge is 0.358 e. The highest BCUT2D eigenvalue weighted by atomic mass is 32.1. The molecule has 0 bridgehead atoms. The van der Waals surface area contributed by atoms with Crippen molar-refractivity contribution in [1.82, 2.24) is 4.98 Å². The Bertz CT molecular complexity index is 764. The summed E-state index contributed by atoms with van der Waals surface area (Å²) in [7, 11) is 0. The van der Waals surface area contributed by atoms with Crippen LogP contribution in [0.3, 0.4) is 0 Å². The third kappa shape index (κ3) is 4.85. The minimum atomic E-state index is -0.798. The van der Waals surface area contributed by atoms with E-state index in [0.717, 1.165) is 18.2 Å². The lowest BCUT2D eigenvalue weighted by Crippen LogP contribution is -2.21. The third-order valence-electron chi connectivity index (χ3n) is 2.65. The SMILES string of the molecule is C=CCNc1nc(C(=O)OCC(=O)Nc2cc(F)ccc2F)cs1. The van der Waals surface area contributed by atoms with E-state index in [1.54, 1.807) is 6.08 Å². The van der Waals surface area contributed by atoms with Crippen molar-refractivity contribution in [3.8, 4) is 0 Å². The molecule has 0 aliphatic rings. The largest absolute Gasteiger partial charge is 0.451 e. The van der Waals surface area contributed by atoms with E-state index in [4.69, 9.17) is 4.74 Å². The van der Waals surface area contributed by atoms with Gasteiger partial charge in [-0.15, -0.1) is 17.9 Å². The van der Waals surface area contributed by atoms with Gasteiger partial charge >= 0.3 is 5.97 Å². The maximum absolute atomic E-state index is 13.4. The first kappa shape index (κ1) is 17.5. The topological polar surface area (TPSA) is 80.3 Å². The highest BCUT2D eigenvalue weighted by Crippen LogP contribution is 2.17. The molecule has 0 spiro atoms. The minimum absolute atomic E-state index is 0.0382. The summed E-state index contributed by atoms with van der Waals surface area (Å²) >= 11 is 1.20. The number of rotatable bonds is 7. The van der Waals surface area contributed by atoms with Crippen molar-refractivity contribution in [3.05, 3.63) is 53.6 Å². The summed E-state index contributed by atoms with van der Waals surface area (Å²) in [6.45, 7) is 3.38. The third-order valence-corrected chi connectivity index (χ3v) is 3.45. The molecule has 2 aromatic rings. The monoisotopic (exact) mass is 353 g/mol. The van der Waals surface area contributed by atoms with Crippen molar-refractivity contribution in [2.24, 2.45) is 0 Å². The first-order valence-corrected chi connectivity index (χ1v) is 7.60. The number of carbonyl (C=O) groups excluding carboxylic acids is 2. The molecule has 2 N–H and O–H groups in total. The summed E-state index contributed by atoms with van der Waals surface area (Å²) < 4.78 is 31.2. The standard InChI is InChI=1S/C15H13F2N3O3S/c1-2-5-18-15-20-12(8-24-15)14(22)23-7-13(21)19-11-6-9(16)3-4-10(11)17/h2-4,6,8H,1,5,7H2,(H,18,20)(H,19,21).